The molecule has 4 heteroatoms. The normalized spacial score (nSPS) is 19.2. The molecule has 0 bridgehead atoms. The zero-order chi connectivity index (χ0) is 6.97. The van der Waals surface area contributed by atoms with Crippen molar-refractivity contribution in [3.05, 3.63) is 24.3 Å². The number of hydrogen-bond donors (Lipinski definition) is 1. The van der Waals surface area contributed by atoms with Crippen molar-refractivity contribution in [1.29, 1.82) is 0 Å². The number of rotatable bonds is 0. The van der Waals surface area contributed by atoms with Crippen LogP contribution in [0.15, 0.2) is 18.2 Å². The number of thiol groups is 1. The fourth-order valence-electron chi connectivity index (χ4n) is 0.825. The quantitative estimate of drug-likeness (QED) is 0.570. The van der Waals surface area contributed by atoms with Gasteiger partial charge in [0, 0.05) is 20.4 Å². The van der Waals surface area contributed by atoms with Crippen molar-refractivity contribution in [3.8, 4) is 11.5 Å². The van der Waals surface area contributed by atoms with Gasteiger partial charge in [0.1, 0.15) is 0 Å². The molecule has 1 radical (unpaired) electrons. The van der Waals surface area contributed by atoms with Crippen LogP contribution >= 0.6 is 12.6 Å². The van der Waals surface area contributed by atoms with E-state index in [1.807, 2.05) is 12.1 Å². The Balaban J connectivity index is 0.000000605. The molecule has 1 aliphatic rings. The summed E-state index contributed by atoms with van der Waals surface area (Å²) in [7, 11) is 0. The van der Waals surface area contributed by atoms with E-state index in [9.17, 15) is 0 Å². The summed E-state index contributed by atoms with van der Waals surface area (Å²) in [6.45, 7) is 0. The summed E-state index contributed by atoms with van der Waals surface area (Å²) in [6, 6.07) is 8.32. The second kappa shape index (κ2) is 3.49. The van der Waals surface area contributed by atoms with Crippen molar-refractivity contribution in [2.75, 3.05) is 0 Å². The van der Waals surface area contributed by atoms with E-state index >= 15 is 0 Å². The SMILES string of the molecule is SC1Oc2[c-]cccc2O1.[Re]. The third-order valence-electron chi connectivity index (χ3n) is 1.23. The van der Waals surface area contributed by atoms with Crippen LogP contribution in [0.5, 0.6) is 11.5 Å². The Morgan fingerprint density at radius 3 is 3.00 bits per heavy atom. The third-order valence-corrected chi connectivity index (χ3v) is 1.44. The first-order chi connectivity index (χ1) is 4.86. The van der Waals surface area contributed by atoms with Crippen LogP contribution in [0.25, 0.3) is 0 Å². The van der Waals surface area contributed by atoms with Crippen LogP contribution in [0, 0.1) is 6.07 Å². The van der Waals surface area contributed by atoms with Gasteiger partial charge in [0.25, 0.3) is 5.62 Å². The maximum absolute atomic E-state index is 5.12. The van der Waals surface area contributed by atoms with Crippen molar-refractivity contribution in [3.63, 3.8) is 0 Å². The zero-order valence-electron chi connectivity index (χ0n) is 5.45. The van der Waals surface area contributed by atoms with Crippen molar-refractivity contribution in [2.45, 2.75) is 5.62 Å². The molecule has 1 heterocycles. The van der Waals surface area contributed by atoms with E-state index in [4.69, 9.17) is 9.47 Å². The molecule has 1 atom stereocenters. The Kier molecular flexibility index (Phi) is 2.83. The third kappa shape index (κ3) is 1.70. The average Bonchev–Trinajstić information content (AvgIpc) is 2.27. The molecule has 0 amide bonds. The van der Waals surface area contributed by atoms with Gasteiger partial charge >= 0.3 is 0 Å². The molecular weight excluding hydrogens is 334 g/mol. The molecule has 1 unspecified atom stereocenters. The summed E-state index contributed by atoms with van der Waals surface area (Å²) < 4.78 is 10.2. The van der Waals surface area contributed by atoms with Crippen molar-refractivity contribution in [1.82, 2.24) is 0 Å². The van der Waals surface area contributed by atoms with Gasteiger partial charge in [-0.25, -0.2) is 0 Å². The Morgan fingerprint density at radius 2 is 2.27 bits per heavy atom. The maximum atomic E-state index is 5.12. The van der Waals surface area contributed by atoms with E-state index in [0.717, 1.165) is 0 Å². The average molecular weight is 339 g/mol. The maximum Gasteiger partial charge on any atom is 0.274 e. The molecule has 0 N–H and O–H groups in total. The Bertz CT molecular complexity index is 229. The predicted molar refractivity (Wildman–Crippen MR) is 39.3 cm³/mol. The van der Waals surface area contributed by atoms with E-state index in [-0.39, 0.29) is 20.4 Å². The zero-order valence-corrected chi connectivity index (χ0v) is 9.06. The van der Waals surface area contributed by atoms with E-state index in [1.54, 1.807) is 6.07 Å². The second-order valence-electron chi connectivity index (χ2n) is 1.91. The van der Waals surface area contributed by atoms with Crippen LogP contribution in [0.4, 0.5) is 0 Å². The fraction of sp³-hybridized carbons (Fsp3) is 0.143. The minimum Gasteiger partial charge on any atom is -0.506 e. The van der Waals surface area contributed by atoms with Crippen LogP contribution in [0.2, 0.25) is 0 Å². The van der Waals surface area contributed by atoms with E-state index in [2.05, 4.69) is 18.7 Å². The molecule has 1 aliphatic heterocycles. The molecule has 0 saturated carbocycles. The smallest absolute Gasteiger partial charge is 0.274 e. The van der Waals surface area contributed by atoms with Crippen LogP contribution in [0.3, 0.4) is 0 Å². The second-order valence-corrected chi connectivity index (χ2v) is 2.33. The summed E-state index contributed by atoms with van der Waals surface area (Å²) >= 11 is 3.97. The van der Waals surface area contributed by atoms with Crippen LogP contribution in [-0.4, -0.2) is 5.62 Å². The summed E-state index contributed by atoms with van der Waals surface area (Å²) in [4.78, 5) is 0. The van der Waals surface area contributed by atoms with Gasteiger partial charge in [-0.15, -0.1) is 12.1 Å². The molecule has 1 aromatic rings. The van der Waals surface area contributed by atoms with Gasteiger partial charge in [-0.2, -0.15) is 12.1 Å². The van der Waals surface area contributed by atoms with Gasteiger partial charge in [0.15, 0.2) is 0 Å². The fourth-order valence-corrected chi connectivity index (χ4v) is 1.04. The first kappa shape index (κ1) is 8.92. The van der Waals surface area contributed by atoms with Gasteiger partial charge in [-0.1, -0.05) is 12.6 Å². The molecule has 59 valence electrons. The number of benzene rings is 1. The van der Waals surface area contributed by atoms with Gasteiger partial charge in [0.2, 0.25) is 0 Å². The molecular formula is C7H5O2ReS-. The number of para-hydroxylation sites is 1. The molecule has 0 aliphatic carbocycles. The van der Waals surface area contributed by atoms with Crippen molar-refractivity contribution < 1.29 is 29.9 Å². The minimum atomic E-state index is -0.464. The van der Waals surface area contributed by atoms with Gasteiger partial charge < -0.3 is 9.47 Å². The van der Waals surface area contributed by atoms with E-state index < -0.39 is 5.62 Å². The number of hydrogen-bond acceptors (Lipinski definition) is 3. The minimum absolute atomic E-state index is 0. The van der Waals surface area contributed by atoms with Crippen molar-refractivity contribution in [2.24, 2.45) is 0 Å². The van der Waals surface area contributed by atoms with Crippen LogP contribution in [0.1, 0.15) is 0 Å². The monoisotopic (exact) mass is 340 g/mol. The van der Waals surface area contributed by atoms with Gasteiger partial charge in [-0.3, -0.25) is 0 Å². The van der Waals surface area contributed by atoms with Crippen LogP contribution < -0.4 is 9.47 Å². The summed E-state index contributed by atoms with van der Waals surface area (Å²) in [5.74, 6) is 1.35. The predicted octanol–water partition coefficient (Wildman–Crippen LogP) is 1.47. The Morgan fingerprint density at radius 1 is 1.45 bits per heavy atom. The molecule has 0 saturated heterocycles. The Hall–Kier alpha value is -0.168. The van der Waals surface area contributed by atoms with Gasteiger partial charge in [0.05, 0.1) is 11.5 Å². The molecule has 2 nitrogen and oxygen atoms in total. The van der Waals surface area contributed by atoms with E-state index in [0.29, 0.717) is 11.5 Å². The first-order valence-electron chi connectivity index (χ1n) is 2.88. The topological polar surface area (TPSA) is 18.5 Å². The summed E-state index contributed by atoms with van der Waals surface area (Å²) in [5, 5.41) is 0. The molecule has 2 rings (SSSR count). The molecule has 1 aromatic carbocycles. The molecule has 0 aromatic heterocycles. The Labute approximate surface area is 84.0 Å². The van der Waals surface area contributed by atoms with Gasteiger partial charge in [-0.05, 0) is 0 Å². The van der Waals surface area contributed by atoms with E-state index in [1.165, 1.54) is 0 Å². The first-order valence-corrected chi connectivity index (χ1v) is 3.40. The summed E-state index contributed by atoms with van der Waals surface area (Å²) in [6.07, 6.45) is 0. The summed E-state index contributed by atoms with van der Waals surface area (Å²) in [5.41, 5.74) is -0.464. The number of fused-ring (bicyclic) bond motifs is 1. The largest absolute Gasteiger partial charge is 0.506 e. The standard InChI is InChI=1S/C7H5O2S.Re/c10-7-8-5-3-1-2-4-6(5)9-7;/h1-3,7,10H;/q-1;. The van der Waals surface area contributed by atoms with Crippen LogP contribution in [-0.2, 0) is 20.4 Å². The molecule has 11 heavy (non-hydrogen) atoms. The molecule has 0 fully saturated rings. The number of ether oxygens (including phenoxy) is 2. The van der Waals surface area contributed by atoms with Crippen molar-refractivity contribution >= 4 is 12.6 Å². The molecule has 0 spiro atoms.